The van der Waals surface area contributed by atoms with Crippen LogP contribution in [0.3, 0.4) is 0 Å². The first-order valence-corrected chi connectivity index (χ1v) is 8.30. The molecule has 0 radical (unpaired) electrons. The molecule has 0 atom stereocenters. The number of esters is 1. The van der Waals surface area contributed by atoms with Gasteiger partial charge in [-0.25, -0.2) is 9.78 Å². The van der Waals surface area contributed by atoms with Crippen molar-refractivity contribution in [1.82, 2.24) is 4.98 Å². The number of thiazole rings is 1. The van der Waals surface area contributed by atoms with E-state index >= 15 is 0 Å². The lowest BCUT2D eigenvalue weighted by Crippen LogP contribution is -2.19. The van der Waals surface area contributed by atoms with Gasteiger partial charge in [0.25, 0.3) is 0 Å². The number of anilines is 1. The van der Waals surface area contributed by atoms with Gasteiger partial charge in [-0.15, -0.1) is 11.3 Å². The number of rotatable bonds is 7. The maximum absolute atomic E-state index is 11.9. The van der Waals surface area contributed by atoms with Gasteiger partial charge in [-0.3, -0.25) is 10.1 Å². The van der Waals surface area contributed by atoms with Crippen LogP contribution in [0.5, 0.6) is 0 Å². The molecule has 130 valence electrons. The molecule has 0 aliphatic rings. The van der Waals surface area contributed by atoms with E-state index in [0.717, 1.165) is 5.56 Å². The van der Waals surface area contributed by atoms with Crippen LogP contribution in [0, 0.1) is 0 Å². The fourth-order valence-electron chi connectivity index (χ4n) is 1.80. The number of nitrogens with zero attached hydrogens (tertiary/aromatic N) is 2. The van der Waals surface area contributed by atoms with Crippen LogP contribution in [-0.2, 0) is 19.2 Å². The zero-order chi connectivity index (χ0) is 18.1. The summed E-state index contributed by atoms with van der Waals surface area (Å²) in [5.41, 5.74) is 1.13. The molecule has 0 aliphatic carbocycles. The van der Waals surface area contributed by atoms with Crippen LogP contribution >= 0.6 is 11.3 Å². The van der Waals surface area contributed by atoms with Gasteiger partial charge in [-0.2, -0.15) is 0 Å². The van der Waals surface area contributed by atoms with E-state index in [1.807, 2.05) is 30.3 Å². The third-order valence-corrected chi connectivity index (χ3v) is 3.61. The van der Waals surface area contributed by atoms with E-state index in [9.17, 15) is 9.59 Å². The summed E-state index contributed by atoms with van der Waals surface area (Å²) in [5.74, 6) is -0.970. The Balaban J connectivity index is 2.05. The summed E-state index contributed by atoms with van der Waals surface area (Å²) in [6, 6.07) is 9.45. The van der Waals surface area contributed by atoms with Crippen molar-refractivity contribution in [3.8, 4) is 0 Å². The van der Waals surface area contributed by atoms with Crippen LogP contribution in [0.1, 0.15) is 18.2 Å². The lowest BCUT2D eigenvalue weighted by molar-refractivity contribution is -0.135. The second-order valence-corrected chi connectivity index (χ2v) is 5.47. The van der Waals surface area contributed by atoms with Crippen LogP contribution in [0.25, 0.3) is 6.08 Å². The van der Waals surface area contributed by atoms with E-state index in [4.69, 9.17) is 4.74 Å². The first kappa shape index (κ1) is 18.3. The Morgan fingerprint density at radius 1 is 1.32 bits per heavy atom. The molecule has 0 bridgehead atoms. The second kappa shape index (κ2) is 9.33. The van der Waals surface area contributed by atoms with Gasteiger partial charge in [0, 0.05) is 11.5 Å². The standard InChI is InChI=1S/C17H17N3O4S/c1-3-24-16(22)15(20-23-2)13-11-25-17(18-13)19-14(21)10-9-12-7-5-4-6-8-12/h4-11H,3H2,1-2H3,(H,18,19,21)/b10-9+,20-15-. The summed E-state index contributed by atoms with van der Waals surface area (Å²) in [5, 5.41) is 8.20. The minimum absolute atomic E-state index is 0.0547. The van der Waals surface area contributed by atoms with Gasteiger partial charge < -0.3 is 9.57 Å². The van der Waals surface area contributed by atoms with E-state index in [1.165, 1.54) is 24.5 Å². The smallest absolute Gasteiger partial charge is 0.362 e. The van der Waals surface area contributed by atoms with Gasteiger partial charge in [0.15, 0.2) is 5.13 Å². The summed E-state index contributed by atoms with van der Waals surface area (Å²) in [7, 11) is 1.32. The van der Waals surface area contributed by atoms with Crippen molar-refractivity contribution in [3.63, 3.8) is 0 Å². The van der Waals surface area contributed by atoms with Gasteiger partial charge in [-0.05, 0) is 18.6 Å². The Morgan fingerprint density at radius 2 is 2.08 bits per heavy atom. The van der Waals surface area contributed by atoms with Crippen LogP contribution < -0.4 is 5.32 Å². The van der Waals surface area contributed by atoms with Crippen molar-refractivity contribution < 1.29 is 19.2 Å². The van der Waals surface area contributed by atoms with Crippen LogP contribution in [-0.4, -0.2) is 36.3 Å². The number of carbonyl (C=O) groups excluding carboxylic acids is 2. The average Bonchev–Trinajstić information content (AvgIpc) is 3.07. The molecule has 7 nitrogen and oxygen atoms in total. The molecule has 0 fully saturated rings. The van der Waals surface area contributed by atoms with E-state index in [-0.39, 0.29) is 23.9 Å². The molecular formula is C17H17N3O4S. The topological polar surface area (TPSA) is 89.9 Å². The van der Waals surface area contributed by atoms with Gasteiger partial charge in [0.1, 0.15) is 12.8 Å². The molecule has 0 saturated carbocycles. The lowest BCUT2D eigenvalue weighted by Gasteiger charge is -2.02. The fourth-order valence-corrected chi connectivity index (χ4v) is 2.50. The molecule has 1 N–H and O–H groups in total. The Bertz CT molecular complexity index is 784. The molecule has 1 heterocycles. The molecule has 0 unspecified atom stereocenters. The monoisotopic (exact) mass is 359 g/mol. The molecule has 25 heavy (non-hydrogen) atoms. The van der Waals surface area contributed by atoms with Crippen molar-refractivity contribution in [3.05, 3.63) is 53.0 Å². The summed E-state index contributed by atoms with van der Waals surface area (Å²) >= 11 is 1.17. The highest BCUT2D eigenvalue weighted by Gasteiger charge is 2.20. The van der Waals surface area contributed by atoms with Gasteiger partial charge in [-0.1, -0.05) is 35.5 Å². The molecule has 8 heteroatoms. The third-order valence-electron chi connectivity index (χ3n) is 2.86. The molecule has 1 aromatic carbocycles. The maximum atomic E-state index is 11.9. The molecule has 0 aliphatic heterocycles. The summed E-state index contributed by atoms with van der Waals surface area (Å²) < 4.78 is 4.91. The Morgan fingerprint density at radius 3 is 2.76 bits per heavy atom. The van der Waals surface area contributed by atoms with Gasteiger partial charge in [0.2, 0.25) is 11.6 Å². The molecule has 2 rings (SSSR count). The number of hydrogen-bond acceptors (Lipinski definition) is 7. The van der Waals surface area contributed by atoms with Crippen molar-refractivity contribution >= 4 is 40.1 Å². The van der Waals surface area contributed by atoms with Gasteiger partial charge >= 0.3 is 5.97 Å². The predicted molar refractivity (Wildman–Crippen MR) is 96.4 cm³/mol. The number of benzene rings is 1. The molecular weight excluding hydrogens is 342 g/mol. The van der Waals surface area contributed by atoms with Crippen LogP contribution in [0.4, 0.5) is 5.13 Å². The van der Waals surface area contributed by atoms with Crippen LogP contribution in [0.15, 0.2) is 46.9 Å². The number of carbonyl (C=O) groups is 2. The number of hydrogen-bond donors (Lipinski definition) is 1. The number of nitrogens with one attached hydrogen (secondary N) is 1. The second-order valence-electron chi connectivity index (χ2n) is 4.61. The predicted octanol–water partition coefficient (Wildman–Crippen LogP) is 2.71. The summed E-state index contributed by atoms with van der Waals surface area (Å²) in [6.07, 6.45) is 3.10. The molecule has 0 saturated heterocycles. The minimum atomic E-state index is -0.642. The quantitative estimate of drug-likeness (QED) is 0.355. The Kier molecular flexibility index (Phi) is 6.85. The van der Waals surface area contributed by atoms with Gasteiger partial charge in [0.05, 0.1) is 6.61 Å². The first-order valence-electron chi connectivity index (χ1n) is 7.42. The van der Waals surface area contributed by atoms with E-state index < -0.39 is 5.97 Å². The zero-order valence-corrected chi connectivity index (χ0v) is 14.6. The fraction of sp³-hybridized carbons (Fsp3) is 0.176. The van der Waals surface area contributed by atoms with Crippen molar-refractivity contribution in [1.29, 1.82) is 0 Å². The van der Waals surface area contributed by atoms with Crippen LogP contribution in [0.2, 0.25) is 0 Å². The first-order chi connectivity index (χ1) is 12.1. The number of amides is 1. The highest BCUT2D eigenvalue weighted by Crippen LogP contribution is 2.17. The normalized spacial score (nSPS) is 11.4. The van der Waals surface area contributed by atoms with Crippen molar-refractivity contribution in [2.24, 2.45) is 5.16 Å². The summed E-state index contributed by atoms with van der Waals surface area (Å²) in [4.78, 5) is 32.6. The average molecular weight is 359 g/mol. The van der Waals surface area contributed by atoms with E-state index in [1.54, 1.807) is 18.4 Å². The largest absolute Gasteiger partial charge is 0.461 e. The maximum Gasteiger partial charge on any atom is 0.362 e. The summed E-state index contributed by atoms with van der Waals surface area (Å²) in [6.45, 7) is 1.90. The number of oxime groups is 1. The highest BCUT2D eigenvalue weighted by molar-refractivity contribution is 7.14. The Labute approximate surface area is 149 Å². The highest BCUT2D eigenvalue weighted by atomic mass is 32.1. The molecule has 2 aromatic rings. The Hall–Kier alpha value is -3.00. The number of aromatic nitrogens is 1. The van der Waals surface area contributed by atoms with E-state index in [0.29, 0.717) is 5.13 Å². The third kappa shape index (κ3) is 5.54. The zero-order valence-electron chi connectivity index (χ0n) is 13.8. The molecule has 1 aromatic heterocycles. The number of ether oxygens (including phenoxy) is 1. The SMILES string of the molecule is CCOC(=O)/C(=N\OC)c1csc(NC(=O)/C=C/c2ccccc2)n1. The molecule has 0 spiro atoms. The minimum Gasteiger partial charge on any atom is -0.461 e. The lowest BCUT2D eigenvalue weighted by atomic mass is 10.2. The van der Waals surface area contributed by atoms with Crippen molar-refractivity contribution in [2.45, 2.75) is 6.92 Å². The van der Waals surface area contributed by atoms with Crippen molar-refractivity contribution in [2.75, 3.05) is 19.0 Å². The van der Waals surface area contributed by atoms with E-state index in [2.05, 4.69) is 20.3 Å². The molecule has 1 amide bonds.